The molecule has 1 aromatic carbocycles. The second kappa shape index (κ2) is 4.93. The van der Waals surface area contributed by atoms with Gasteiger partial charge in [-0.05, 0) is 51.8 Å². The molecular formula is C16H20O4. The lowest BCUT2D eigenvalue weighted by Gasteiger charge is -2.23. The zero-order valence-electron chi connectivity index (χ0n) is 12.6. The minimum Gasteiger partial charge on any atom is -0.460 e. The maximum absolute atomic E-state index is 12.2. The Labute approximate surface area is 119 Å². The van der Waals surface area contributed by atoms with E-state index in [1.807, 2.05) is 40.7 Å². The number of benzene rings is 1. The van der Waals surface area contributed by atoms with Gasteiger partial charge in [-0.3, -0.25) is 4.79 Å². The second-order valence-corrected chi connectivity index (χ2v) is 6.14. The molecule has 1 aliphatic rings. The molecule has 1 heterocycles. The minimum atomic E-state index is -0.505. The first-order valence-electron chi connectivity index (χ1n) is 6.73. The maximum atomic E-state index is 12.2. The van der Waals surface area contributed by atoms with Gasteiger partial charge >= 0.3 is 11.9 Å². The molecule has 0 spiro atoms. The number of rotatable bonds is 2. The van der Waals surface area contributed by atoms with Gasteiger partial charge in [0.15, 0.2) is 0 Å². The summed E-state index contributed by atoms with van der Waals surface area (Å²) >= 11 is 0. The van der Waals surface area contributed by atoms with E-state index >= 15 is 0 Å². The van der Waals surface area contributed by atoms with E-state index in [1.54, 1.807) is 6.07 Å². The normalized spacial score (nSPS) is 15.6. The molecule has 1 aliphatic heterocycles. The average Bonchev–Trinajstić information content (AvgIpc) is 2.70. The minimum absolute atomic E-state index is 0.259. The Balaban J connectivity index is 2.30. The topological polar surface area (TPSA) is 52.6 Å². The number of cyclic esters (lactones) is 1. The highest BCUT2D eigenvalue weighted by molar-refractivity contribution is 5.94. The van der Waals surface area contributed by atoms with Gasteiger partial charge in [0.2, 0.25) is 0 Å². The van der Waals surface area contributed by atoms with Crippen molar-refractivity contribution in [2.45, 2.75) is 52.7 Å². The summed E-state index contributed by atoms with van der Waals surface area (Å²) in [4.78, 5) is 23.7. The van der Waals surface area contributed by atoms with Crippen LogP contribution in [0.1, 0.15) is 60.7 Å². The van der Waals surface area contributed by atoms with Crippen molar-refractivity contribution < 1.29 is 19.1 Å². The van der Waals surface area contributed by atoms with Gasteiger partial charge in [0.05, 0.1) is 11.5 Å². The molecule has 20 heavy (non-hydrogen) atoms. The summed E-state index contributed by atoms with van der Waals surface area (Å²) in [6.45, 7) is 9.56. The molecule has 4 nitrogen and oxygen atoms in total. The van der Waals surface area contributed by atoms with Crippen LogP contribution in [0, 0.1) is 6.92 Å². The fourth-order valence-corrected chi connectivity index (χ4v) is 2.35. The van der Waals surface area contributed by atoms with Crippen molar-refractivity contribution >= 4 is 11.9 Å². The van der Waals surface area contributed by atoms with Crippen molar-refractivity contribution in [1.29, 1.82) is 0 Å². The van der Waals surface area contributed by atoms with Crippen LogP contribution in [0.15, 0.2) is 12.1 Å². The first-order chi connectivity index (χ1) is 9.20. The van der Waals surface area contributed by atoms with Gasteiger partial charge in [0.25, 0.3) is 0 Å². The van der Waals surface area contributed by atoms with Crippen LogP contribution in [0.3, 0.4) is 0 Å². The standard InChI is InChI=1S/C16H20O4/c1-9-11(10(2)14(17)20-16(3,4)5)6-7-12-13(9)8-19-15(12)18/h6-7,10H,8H2,1-5H3. The van der Waals surface area contributed by atoms with E-state index in [4.69, 9.17) is 9.47 Å². The van der Waals surface area contributed by atoms with E-state index < -0.39 is 5.60 Å². The third-order valence-corrected chi connectivity index (χ3v) is 3.43. The van der Waals surface area contributed by atoms with Gasteiger partial charge < -0.3 is 9.47 Å². The maximum Gasteiger partial charge on any atom is 0.338 e. The van der Waals surface area contributed by atoms with Crippen LogP contribution in [0.25, 0.3) is 0 Å². The summed E-state index contributed by atoms with van der Waals surface area (Å²) in [6, 6.07) is 3.54. The van der Waals surface area contributed by atoms with Crippen molar-refractivity contribution in [2.24, 2.45) is 0 Å². The molecule has 0 saturated carbocycles. The van der Waals surface area contributed by atoms with E-state index in [0.717, 1.165) is 16.7 Å². The number of carbonyl (C=O) groups excluding carboxylic acids is 2. The van der Waals surface area contributed by atoms with Crippen LogP contribution in [-0.2, 0) is 20.9 Å². The summed E-state index contributed by atoms with van der Waals surface area (Å²) in [5.74, 6) is -0.916. The molecular weight excluding hydrogens is 256 g/mol. The molecule has 0 aromatic heterocycles. The Morgan fingerprint density at radius 2 is 2.00 bits per heavy atom. The average molecular weight is 276 g/mol. The molecule has 1 atom stereocenters. The number of carbonyl (C=O) groups is 2. The number of hydrogen-bond acceptors (Lipinski definition) is 4. The van der Waals surface area contributed by atoms with E-state index in [-0.39, 0.29) is 24.5 Å². The number of hydrogen-bond donors (Lipinski definition) is 0. The molecule has 0 amide bonds. The Hall–Kier alpha value is -1.84. The lowest BCUT2D eigenvalue weighted by Crippen LogP contribution is -2.27. The predicted octanol–water partition coefficient (Wildman–Crippen LogP) is 3.11. The predicted molar refractivity (Wildman–Crippen MR) is 74.6 cm³/mol. The van der Waals surface area contributed by atoms with Gasteiger partial charge in [0.1, 0.15) is 12.2 Å². The first-order valence-corrected chi connectivity index (χ1v) is 6.73. The van der Waals surface area contributed by atoms with Crippen molar-refractivity contribution in [3.8, 4) is 0 Å². The lowest BCUT2D eigenvalue weighted by molar-refractivity contribution is -0.156. The van der Waals surface area contributed by atoms with Crippen LogP contribution in [0.5, 0.6) is 0 Å². The fourth-order valence-electron chi connectivity index (χ4n) is 2.35. The van der Waals surface area contributed by atoms with E-state index in [1.165, 1.54) is 0 Å². The summed E-state index contributed by atoms with van der Waals surface area (Å²) in [5, 5.41) is 0. The number of ether oxygens (including phenoxy) is 2. The fraction of sp³-hybridized carbons (Fsp3) is 0.500. The van der Waals surface area contributed by atoms with Crippen LogP contribution in [-0.4, -0.2) is 17.5 Å². The van der Waals surface area contributed by atoms with Crippen LogP contribution in [0.2, 0.25) is 0 Å². The van der Waals surface area contributed by atoms with Crippen molar-refractivity contribution in [1.82, 2.24) is 0 Å². The Morgan fingerprint density at radius 1 is 1.35 bits per heavy atom. The first kappa shape index (κ1) is 14.6. The van der Waals surface area contributed by atoms with Crippen molar-refractivity contribution in [3.05, 3.63) is 34.4 Å². The highest BCUT2D eigenvalue weighted by Gasteiger charge is 2.28. The highest BCUT2D eigenvalue weighted by Crippen LogP contribution is 2.30. The monoisotopic (exact) mass is 276 g/mol. The molecule has 2 rings (SSSR count). The molecule has 0 bridgehead atoms. The molecule has 1 unspecified atom stereocenters. The molecule has 1 aromatic rings. The molecule has 4 heteroatoms. The molecule has 0 fully saturated rings. The largest absolute Gasteiger partial charge is 0.460 e. The highest BCUT2D eigenvalue weighted by atomic mass is 16.6. The molecule has 108 valence electrons. The molecule has 0 aliphatic carbocycles. The summed E-state index contributed by atoms with van der Waals surface area (Å²) in [5.41, 5.74) is 2.79. The Morgan fingerprint density at radius 3 is 2.60 bits per heavy atom. The number of fused-ring (bicyclic) bond motifs is 1. The van der Waals surface area contributed by atoms with Crippen LogP contribution < -0.4 is 0 Å². The van der Waals surface area contributed by atoms with E-state index in [9.17, 15) is 9.59 Å². The third-order valence-electron chi connectivity index (χ3n) is 3.43. The molecule has 0 N–H and O–H groups in total. The summed E-state index contributed by atoms with van der Waals surface area (Å²) in [6.07, 6.45) is 0. The summed E-state index contributed by atoms with van der Waals surface area (Å²) in [7, 11) is 0. The van der Waals surface area contributed by atoms with E-state index in [2.05, 4.69) is 0 Å². The quantitative estimate of drug-likeness (QED) is 0.779. The van der Waals surface area contributed by atoms with Crippen LogP contribution in [0.4, 0.5) is 0 Å². The van der Waals surface area contributed by atoms with E-state index in [0.29, 0.717) is 5.56 Å². The van der Waals surface area contributed by atoms with Gasteiger partial charge in [0, 0.05) is 5.56 Å². The van der Waals surface area contributed by atoms with Gasteiger partial charge in [-0.15, -0.1) is 0 Å². The van der Waals surface area contributed by atoms with Gasteiger partial charge in [-0.25, -0.2) is 4.79 Å². The smallest absolute Gasteiger partial charge is 0.338 e. The van der Waals surface area contributed by atoms with Crippen molar-refractivity contribution in [3.63, 3.8) is 0 Å². The van der Waals surface area contributed by atoms with Crippen molar-refractivity contribution in [2.75, 3.05) is 0 Å². The zero-order chi connectivity index (χ0) is 15.1. The second-order valence-electron chi connectivity index (χ2n) is 6.14. The molecule has 0 saturated heterocycles. The lowest BCUT2D eigenvalue weighted by atomic mass is 9.91. The summed E-state index contributed by atoms with van der Waals surface area (Å²) < 4.78 is 10.4. The molecule has 0 radical (unpaired) electrons. The third kappa shape index (κ3) is 2.69. The Kier molecular flexibility index (Phi) is 3.59. The Bertz CT molecular complexity index is 567. The van der Waals surface area contributed by atoms with Gasteiger partial charge in [-0.2, -0.15) is 0 Å². The zero-order valence-corrected chi connectivity index (χ0v) is 12.6. The SMILES string of the molecule is Cc1c(C(C)C(=O)OC(C)(C)C)ccc2c1COC2=O. The number of esters is 2. The van der Waals surface area contributed by atoms with Gasteiger partial charge in [-0.1, -0.05) is 6.07 Å². The van der Waals surface area contributed by atoms with Crippen LogP contribution >= 0.6 is 0 Å².